The third-order valence-corrected chi connectivity index (χ3v) is 2.13. The van der Waals surface area contributed by atoms with Crippen LogP contribution >= 0.6 is 23.2 Å². The number of anilines is 1. The summed E-state index contributed by atoms with van der Waals surface area (Å²) in [7, 11) is 0. The third kappa shape index (κ3) is 3.51. The monoisotopic (exact) mass is 258 g/mol. The number of amides is 1. The summed E-state index contributed by atoms with van der Waals surface area (Å²) in [6.45, 7) is 5.05. The van der Waals surface area contributed by atoms with Crippen LogP contribution < -0.4 is 5.01 Å². The molecule has 0 aliphatic carbocycles. The smallest absolute Gasteiger partial charge is 0.244 e. The van der Waals surface area contributed by atoms with Gasteiger partial charge in [-0.15, -0.1) is 0 Å². The number of benzene rings is 1. The Morgan fingerprint density at radius 3 is 2.00 bits per heavy atom. The summed E-state index contributed by atoms with van der Waals surface area (Å²) in [5.74, 6) is -0.195. The zero-order valence-electron chi connectivity index (χ0n) is 9.29. The highest BCUT2D eigenvalue weighted by molar-refractivity contribution is 6.35. The number of carbonyl (C=O) groups excluding carboxylic acids is 1. The fourth-order valence-corrected chi connectivity index (χ4v) is 1.69. The van der Waals surface area contributed by atoms with Crippen LogP contribution in [0.2, 0.25) is 10.0 Å². The molecule has 0 N–H and O–H groups in total. The van der Waals surface area contributed by atoms with Gasteiger partial charge in [0.2, 0.25) is 5.91 Å². The highest BCUT2D eigenvalue weighted by Crippen LogP contribution is 2.25. The second-order valence-electron chi connectivity index (χ2n) is 3.51. The van der Waals surface area contributed by atoms with Gasteiger partial charge in [0.15, 0.2) is 0 Å². The molecule has 0 aliphatic rings. The summed E-state index contributed by atoms with van der Waals surface area (Å²) in [5, 5.41) is 6.32. The molecule has 1 rings (SSSR count). The van der Waals surface area contributed by atoms with E-state index in [0.717, 1.165) is 5.71 Å². The van der Waals surface area contributed by atoms with Gasteiger partial charge in [0.1, 0.15) is 0 Å². The van der Waals surface area contributed by atoms with Crippen LogP contribution in [0, 0.1) is 0 Å². The van der Waals surface area contributed by atoms with Crippen LogP contribution in [-0.2, 0) is 4.79 Å². The standard InChI is InChI=1S/C11H12Cl2N2O/c1-7(2)14-15(8(3)16)11-5-9(12)4-10(13)6-11/h4-6H,1-3H3. The topological polar surface area (TPSA) is 32.7 Å². The van der Waals surface area contributed by atoms with Crippen molar-refractivity contribution in [1.82, 2.24) is 0 Å². The molecule has 0 bridgehead atoms. The number of hydrogen-bond donors (Lipinski definition) is 0. The second-order valence-corrected chi connectivity index (χ2v) is 4.38. The van der Waals surface area contributed by atoms with Crippen LogP contribution in [0.4, 0.5) is 5.69 Å². The quantitative estimate of drug-likeness (QED) is 0.588. The van der Waals surface area contributed by atoms with Crippen LogP contribution in [0.5, 0.6) is 0 Å². The van der Waals surface area contributed by atoms with Crippen LogP contribution in [-0.4, -0.2) is 11.6 Å². The van der Waals surface area contributed by atoms with E-state index in [1.165, 1.54) is 11.9 Å². The molecule has 0 saturated heterocycles. The van der Waals surface area contributed by atoms with Crippen LogP contribution in [0.25, 0.3) is 0 Å². The zero-order chi connectivity index (χ0) is 12.3. The van der Waals surface area contributed by atoms with E-state index < -0.39 is 0 Å². The number of hydrazone groups is 1. The highest BCUT2D eigenvalue weighted by Gasteiger charge is 2.11. The third-order valence-electron chi connectivity index (χ3n) is 1.69. The lowest BCUT2D eigenvalue weighted by Gasteiger charge is -2.16. The first-order valence-electron chi connectivity index (χ1n) is 4.68. The first-order valence-corrected chi connectivity index (χ1v) is 5.44. The summed E-state index contributed by atoms with van der Waals surface area (Å²) in [6, 6.07) is 4.88. The van der Waals surface area contributed by atoms with Crippen molar-refractivity contribution in [1.29, 1.82) is 0 Å². The molecular weight excluding hydrogens is 247 g/mol. The highest BCUT2D eigenvalue weighted by atomic mass is 35.5. The average molecular weight is 259 g/mol. The lowest BCUT2D eigenvalue weighted by Crippen LogP contribution is -2.23. The molecule has 5 heteroatoms. The molecule has 0 saturated carbocycles. The van der Waals surface area contributed by atoms with Gasteiger partial charge in [-0.25, -0.2) is 5.01 Å². The molecular formula is C11H12Cl2N2O. The molecule has 0 atom stereocenters. The van der Waals surface area contributed by atoms with Crippen molar-refractivity contribution in [3.8, 4) is 0 Å². The number of nitrogens with zero attached hydrogens (tertiary/aromatic N) is 2. The van der Waals surface area contributed by atoms with Gasteiger partial charge in [0.05, 0.1) is 5.69 Å². The summed E-state index contributed by atoms with van der Waals surface area (Å²) >= 11 is 11.7. The molecule has 0 radical (unpaired) electrons. The maximum atomic E-state index is 11.4. The number of carbonyl (C=O) groups is 1. The Bertz CT molecular complexity index is 419. The predicted molar refractivity (Wildman–Crippen MR) is 68.4 cm³/mol. The molecule has 16 heavy (non-hydrogen) atoms. The van der Waals surface area contributed by atoms with Crippen LogP contribution in [0.3, 0.4) is 0 Å². The van der Waals surface area contributed by atoms with E-state index in [0.29, 0.717) is 15.7 Å². The zero-order valence-corrected chi connectivity index (χ0v) is 10.8. The average Bonchev–Trinajstić information content (AvgIpc) is 2.11. The maximum absolute atomic E-state index is 11.4. The van der Waals surface area contributed by atoms with E-state index in [9.17, 15) is 4.79 Å². The van der Waals surface area contributed by atoms with Crippen molar-refractivity contribution >= 4 is 40.5 Å². The minimum atomic E-state index is -0.195. The van der Waals surface area contributed by atoms with Crippen molar-refractivity contribution in [2.75, 3.05) is 5.01 Å². The Labute approximate surface area is 105 Å². The molecule has 3 nitrogen and oxygen atoms in total. The fraction of sp³-hybridized carbons (Fsp3) is 0.273. The maximum Gasteiger partial charge on any atom is 0.244 e. The lowest BCUT2D eigenvalue weighted by atomic mass is 10.3. The molecule has 0 spiro atoms. The van der Waals surface area contributed by atoms with Gasteiger partial charge in [0, 0.05) is 22.7 Å². The Kier molecular flexibility index (Phi) is 4.33. The van der Waals surface area contributed by atoms with Gasteiger partial charge in [-0.05, 0) is 32.0 Å². The molecule has 0 aromatic heterocycles. The van der Waals surface area contributed by atoms with Crippen molar-refractivity contribution < 1.29 is 4.79 Å². The van der Waals surface area contributed by atoms with E-state index in [1.807, 2.05) is 13.8 Å². The van der Waals surface area contributed by atoms with Gasteiger partial charge in [-0.2, -0.15) is 5.10 Å². The molecule has 0 heterocycles. The summed E-state index contributed by atoms with van der Waals surface area (Å²) in [5.41, 5.74) is 1.33. The molecule has 1 aromatic carbocycles. The summed E-state index contributed by atoms with van der Waals surface area (Å²) in [6.07, 6.45) is 0. The van der Waals surface area contributed by atoms with Crippen molar-refractivity contribution in [3.63, 3.8) is 0 Å². The molecule has 0 unspecified atom stereocenters. The SMILES string of the molecule is CC(=O)N(N=C(C)C)c1cc(Cl)cc(Cl)c1. The van der Waals surface area contributed by atoms with Crippen LogP contribution in [0.1, 0.15) is 20.8 Å². The normalized spacial score (nSPS) is 9.81. The summed E-state index contributed by atoms with van der Waals surface area (Å²) in [4.78, 5) is 11.4. The van der Waals surface area contributed by atoms with Crippen molar-refractivity contribution in [3.05, 3.63) is 28.2 Å². The predicted octanol–water partition coefficient (Wildman–Crippen LogP) is 3.74. The first kappa shape index (κ1) is 13.0. The molecule has 1 aromatic rings. The van der Waals surface area contributed by atoms with Crippen LogP contribution in [0.15, 0.2) is 23.3 Å². The largest absolute Gasteiger partial charge is 0.273 e. The Balaban J connectivity index is 3.21. The van der Waals surface area contributed by atoms with Gasteiger partial charge >= 0.3 is 0 Å². The number of halogens is 2. The van der Waals surface area contributed by atoms with E-state index in [2.05, 4.69) is 5.10 Å². The van der Waals surface area contributed by atoms with Crippen molar-refractivity contribution in [2.45, 2.75) is 20.8 Å². The van der Waals surface area contributed by atoms with E-state index >= 15 is 0 Å². The lowest BCUT2D eigenvalue weighted by molar-refractivity contribution is -0.116. The van der Waals surface area contributed by atoms with Gasteiger partial charge in [0.25, 0.3) is 0 Å². The minimum absolute atomic E-state index is 0.195. The van der Waals surface area contributed by atoms with E-state index in [-0.39, 0.29) is 5.91 Å². The van der Waals surface area contributed by atoms with Gasteiger partial charge in [-0.1, -0.05) is 23.2 Å². The van der Waals surface area contributed by atoms with E-state index in [4.69, 9.17) is 23.2 Å². The second kappa shape index (κ2) is 5.32. The van der Waals surface area contributed by atoms with E-state index in [1.54, 1.807) is 18.2 Å². The fourth-order valence-electron chi connectivity index (χ4n) is 1.17. The van der Waals surface area contributed by atoms with Crippen molar-refractivity contribution in [2.24, 2.45) is 5.10 Å². The number of rotatable bonds is 2. The van der Waals surface area contributed by atoms with Gasteiger partial charge < -0.3 is 0 Å². The first-order chi connectivity index (χ1) is 7.40. The summed E-state index contributed by atoms with van der Waals surface area (Å²) < 4.78 is 0. The molecule has 1 amide bonds. The molecule has 0 fully saturated rings. The Hall–Kier alpha value is -1.06. The Morgan fingerprint density at radius 2 is 1.62 bits per heavy atom. The molecule has 0 aliphatic heterocycles. The Morgan fingerprint density at radius 1 is 1.12 bits per heavy atom. The molecule has 86 valence electrons. The number of hydrogen-bond acceptors (Lipinski definition) is 2. The minimum Gasteiger partial charge on any atom is -0.273 e. The van der Waals surface area contributed by atoms with Gasteiger partial charge in [-0.3, -0.25) is 4.79 Å².